The van der Waals surface area contributed by atoms with E-state index in [4.69, 9.17) is 14.2 Å². The van der Waals surface area contributed by atoms with Crippen molar-refractivity contribution in [1.82, 2.24) is 24.7 Å². The third-order valence-electron chi connectivity index (χ3n) is 5.15. The van der Waals surface area contributed by atoms with Crippen molar-refractivity contribution in [2.75, 3.05) is 20.8 Å². The van der Waals surface area contributed by atoms with Crippen LogP contribution in [0.5, 0.6) is 17.5 Å². The lowest BCUT2D eigenvalue weighted by Crippen LogP contribution is -2.19. The molecule has 1 fully saturated rings. The van der Waals surface area contributed by atoms with Crippen LogP contribution in [0.25, 0.3) is 11.1 Å². The van der Waals surface area contributed by atoms with Crippen molar-refractivity contribution in [3.05, 3.63) is 52.5 Å². The number of hydrogen-bond donors (Lipinski definition) is 0. The summed E-state index contributed by atoms with van der Waals surface area (Å²) in [5.74, 6) is 2.73. The minimum absolute atomic E-state index is 0.259. The predicted molar refractivity (Wildman–Crippen MR) is 109 cm³/mol. The van der Waals surface area contributed by atoms with E-state index in [2.05, 4.69) is 20.1 Å². The lowest BCUT2D eigenvalue weighted by Gasteiger charge is -2.13. The van der Waals surface area contributed by atoms with Crippen LogP contribution >= 0.6 is 0 Å². The van der Waals surface area contributed by atoms with E-state index in [0.717, 1.165) is 17.9 Å². The van der Waals surface area contributed by atoms with Crippen LogP contribution in [0.1, 0.15) is 23.9 Å². The molecule has 9 nitrogen and oxygen atoms in total. The van der Waals surface area contributed by atoms with Gasteiger partial charge in [-0.25, -0.2) is 9.67 Å². The van der Waals surface area contributed by atoms with Gasteiger partial charge in [0.25, 0.3) is 5.56 Å². The zero-order valence-electron chi connectivity index (χ0n) is 17.3. The van der Waals surface area contributed by atoms with Gasteiger partial charge in [0, 0.05) is 36.8 Å². The number of ether oxygens (including phenoxy) is 3. The monoisotopic (exact) mass is 409 g/mol. The Bertz CT molecular complexity index is 1110. The van der Waals surface area contributed by atoms with Gasteiger partial charge in [-0.15, -0.1) is 5.10 Å². The van der Waals surface area contributed by atoms with Gasteiger partial charge in [0.2, 0.25) is 11.8 Å². The van der Waals surface area contributed by atoms with Crippen LogP contribution in [-0.4, -0.2) is 45.6 Å². The van der Waals surface area contributed by atoms with Gasteiger partial charge in [-0.05, 0) is 25.5 Å². The maximum atomic E-state index is 12.1. The van der Waals surface area contributed by atoms with Gasteiger partial charge in [-0.2, -0.15) is 4.98 Å². The van der Waals surface area contributed by atoms with Crippen molar-refractivity contribution in [3.8, 4) is 28.6 Å². The molecule has 1 unspecified atom stereocenters. The Balaban J connectivity index is 1.54. The molecule has 1 aliphatic carbocycles. The first-order valence-corrected chi connectivity index (χ1v) is 9.59. The van der Waals surface area contributed by atoms with Gasteiger partial charge in [0.1, 0.15) is 11.6 Å². The van der Waals surface area contributed by atoms with Crippen molar-refractivity contribution < 1.29 is 14.2 Å². The Morgan fingerprint density at radius 3 is 2.63 bits per heavy atom. The molecule has 0 aliphatic heterocycles. The van der Waals surface area contributed by atoms with Crippen molar-refractivity contribution in [3.63, 3.8) is 0 Å². The zero-order valence-corrected chi connectivity index (χ0v) is 17.3. The molecule has 9 heteroatoms. The molecule has 1 aliphatic rings. The molecule has 30 heavy (non-hydrogen) atoms. The van der Waals surface area contributed by atoms with Crippen molar-refractivity contribution in [2.45, 2.75) is 19.3 Å². The molecule has 3 heterocycles. The van der Waals surface area contributed by atoms with Crippen molar-refractivity contribution in [1.29, 1.82) is 0 Å². The smallest absolute Gasteiger partial charge is 0.267 e. The summed E-state index contributed by atoms with van der Waals surface area (Å²) in [6.07, 6.45) is 4.36. The van der Waals surface area contributed by atoms with Gasteiger partial charge >= 0.3 is 0 Å². The van der Waals surface area contributed by atoms with Gasteiger partial charge in [0.05, 0.1) is 38.2 Å². The predicted octanol–water partition coefficient (Wildman–Crippen LogP) is 2.14. The Morgan fingerprint density at radius 1 is 1.10 bits per heavy atom. The highest BCUT2D eigenvalue weighted by Crippen LogP contribution is 2.47. The first-order valence-electron chi connectivity index (χ1n) is 9.59. The quantitative estimate of drug-likeness (QED) is 0.585. The molecule has 3 aromatic heterocycles. The fraction of sp³-hybridized carbons (Fsp3) is 0.381. The summed E-state index contributed by atoms with van der Waals surface area (Å²) in [5, 5.41) is 4.16. The molecule has 0 aromatic carbocycles. The van der Waals surface area contributed by atoms with E-state index in [1.165, 1.54) is 17.9 Å². The van der Waals surface area contributed by atoms with Crippen LogP contribution in [0.15, 0.2) is 35.4 Å². The van der Waals surface area contributed by atoms with E-state index in [0.29, 0.717) is 47.2 Å². The number of aromatic nitrogens is 5. The van der Waals surface area contributed by atoms with E-state index in [1.807, 2.05) is 12.1 Å². The average Bonchev–Trinajstić information content (AvgIpc) is 3.54. The summed E-state index contributed by atoms with van der Waals surface area (Å²) in [6, 6.07) is 5.35. The molecule has 156 valence electrons. The maximum absolute atomic E-state index is 12.1. The normalized spacial score (nSPS) is 17.5. The Morgan fingerprint density at radius 2 is 1.93 bits per heavy atom. The minimum atomic E-state index is -0.259. The molecule has 3 aromatic rings. The van der Waals surface area contributed by atoms with Crippen molar-refractivity contribution in [2.24, 2.45) is 13.0 Å². The number of hydrogen-bond acceptors (Lipinski definition) is 8. The van der Waals surface area contributed by atoms with Crippen LogP contribution in [-0.2, 0) is 7.05 Å². The molecule has 0 amide bonds. The molecular weight excluding hydrogens is 386 g/mol. The Hall–Kier alpha value is -3.49. The summed E-state index contributed by atoms with van der Waals surface area (Å²) < 4.78 is 17.8. The highest BCUT2D eigenvalue weighted by Gasteiger charge is 2.40. The molecular formula is C21H23N5O4. The van der Waals surface area contributed by atoms with Crippen LogP contribution in [0.2, 0.25) is 0 Å². The highest BCUT2D eigenvalue weighted by molar-refractivity contribution is 5.71. The SMILES string of the molecule is COc1ccc([C@@H]2CC2COc2nc(C)ncc2-c2cc(=O)n(C)nc2OC)nc1. The molecule has 0 N–H and O–H groups in total. The van der Waals surface area contributed by atoms with E-state index in [9.17, 15) is 4.79 Å². The standard InChI is InChI=1S/C21H23N5O4/c1-12-22-10-17(16-8-19(27)26(2)25-21(16)29-4)20(24-12)30-11-13-7-15(13)18-6-5-14(28-3)9-23-18/h5-6,8-10,13,15H,7,11H2,1-4H3/t13?,15-/m1/s1. The molecule has 0 spiro atoms. The van der Waals surface area contributed by atoms with E-state index < -0.39 is 0 Å². The molecule has 0 radical (unpaired) electrons. The first kappa shape index (κ1) is 19.8. The molecule has 4 rings (SSSR count). The van der Waals surface area contributed by atoms with E-state index >= 15 is 0 Å². The summed E-state index contributed by atoms with van der Waals surface area (Å²) in [7, 11) is 4.69. The van der Waals surface area contributed by atoms with Gasteiger partial charge in [0.15, 0.2) is 0 Å². The summed E-state index contributed by atoms with van der Waals surface area (Å²) >= 11 is 0. The number of methoxy groups -OCH3 is 2. The fourth-order valence-corrected chi connectivity index (χ4v) is 3.32. The van der Waals surface area contributed by atoms with Crippen LogP contribution in [0.3, 0.4) is 0 Å². The third kappa shape index (κ3) is 3.96. The molecule has 0 bridgehead atoms. The minimum Gasteiger partial charge on any atom is -0.495 e. The van der Waals surface area contributed by atoms with Crippen LogP contribution in [0.4, 0.5) is 0 Å². The molecule has 1 saturated carbocycles. The largest absolute Gasteiger partial charge is 0.495 e. The summed E-state index contributed by atoms with van der Waals surface area (Å²) in [6.45, 7) is 2.28. The van der Waals surface area contributed by atoms with Crippen LogP contribution < -0.4 is 19.8 Å². The molecule has 0 saturated heterocycles. The number of rotatable bonds is 7. The van der Waals surface area contributed by atoms with Crippen LogP contribution in [0, 0.1) is 12.8 Å². The second-order valence-corrected chi connectivity index (χ2v) is 7.20. The summed E-state index contributed by atoms with van der Waals surface area (Å²) in [5.41, 5.74) is 1.84. The van der Waals surface area contributed by atoms with E-state index in [-0.39, 0.29) is 5.56 Å². The number of nitrogens with zero attached hydrogens (tertiary/aromatic N) is 5. The topological polar surface area (TPSA) is 101 Å². The zero-order chi connectivity index (χ0) is 21.3. The number of aryl methyl sites for hydroxylation is 2. The number of pyridine rings is 1. The third-order valence-corrected chi connectivity index (χ3v) is 5.15. The maximum Gasteiger partial charge on any atom is 0.267 e. The van der Waals surface area contributed by atoms with E-state index in [1.54, 1.807) is 33.5 Å². The Labute approximate surface area is 173 Å². The first-order chi connectivity index (χ1) is 14.5. The molecule has 2 atom stereocenters. The van der Waals surface area contributed by atoms with Gasteiger partial charge < -0.3 is 14.2 Å². The Kier molecular flexibility index (Phi) is 5.35. The summed E-state index contributed by atoms with van der Waals surface area (Å²) in [4.78, 5) is 25.3. The lowest BCUT2D eigenvalue weighted by molar-refractivity contribution is 0.285. The second kappa shape index (κ2) is 8.10. The van der Waals surface area contributed by atoms with Crippen molar-refractivity contribution >= 4 is 0 Å². The fourth-order valence-electron chi connectivity index (χ4n) is 3.32. The van der Waals surface area contributed by atoms with Gasteiger partial charge in [-0.3, -0.25) is 9.78 Å². The highest BCUT2D eigenvalue weighted by atomic mass is 16.5. The lowest BCUT2D eigenvalue weighted by atomic mass is 10.1. The average molecular weight is 409 g/mol. The van der Waals surface area contributed by atoms with Gasteiger partial charge in [-0.1, -0.05) is 0 Å². The second-order valence-electron chi connectivity index (χ2n) is 7.20.